The molecule has 90 valence electrons. The zero-order valence-electron chi connectivity index (χ0n) is 11.0. The summed E-state index contributed by atoms with van der Waals surface area (Å²) in [6, 6.07) is 5.72. The van der Waals surface area contributed by atoms with E-state index in [9.17, 15) is 5.11 Å². The van der Waals surface area contributed by atoms with Gasteiger partial charge in [0.2, 0.25) is 0 Å². The number of hydrogen-bond acceptors (Lipinski definition) is 2. The van der Waals surface area contributed by atoms with E-state index in [-0.39, 0.29) is 11.3 Å². The Morgan fingerprint density at radius 3 is 2.31 bits per heavy atom. The quantitative estimate of drug-likeness (QED) is 0.849. The summed E-state index contributed by atoms with van der Waals surface area (Å²) >= 11 is 0. The molecule has 1 aromatic heterocycles. The minimum absolute atomic E-state index is 0.183. The number of pyridine rings is 1. The van der Waals surface area contributed by atoms with Crippen LogP contribution >= 0.6 is 0 Å². The predicted octanol–water partition coefficient (Wildman–Crippen LogP) is 3.36. The number of nitrogens with zero attached hydrogens (tertiary/aromatic N) is 1. The van der Waals surface area contributed by atoms with E-state index in [4.69, 9.17) is 0 Å². The van der Waals surface area contributed by atoms with Crippen LogP contribution in [0, 0.1) is 11.3 Å². The van der Waals surface area contributed by atoms with Crippen molar-refractivity contribution < 1.29 is 5.11 Å². The van der Waals surface area contributed by atoms with Crippen LogP contribution in [0.15, 0.2) is 24.4 Å². The van der Waals surface area contributed by atoms with Crippen molar-refractivity contribution in [2.45, 2.75) is 46.6 Å². The molecule has 0 radical (unpaired) electrons. The van der Waals surface area contributed by atoms with Gasteiger partial charge < -0.3 is 5.11 Å². The van der Waals surface area contributed by atoms with Crippen LogP contribution < -0.4 is 0 Å². The molecule has 0 fully saturated rings. The molecule has 16 heavy (non-hydrogen) atoms. The van der Waals surface area contributed by atoms with Crippen LogP contribution in [-0.4, -0.2) is 10.1 Å². The Kier molecular flexibility index (Phi) is 3.74. The SMILES string of the molecule is CCC(C)C(O)(c1ccccn1)C(C)(C)C. The second kappa shape index (κ2) is 4.54. The fourth-order valence-electron chi connectivity index (χ4n) is 2.26. The van der Waals surface area contributed by atoms with Crippen molar-refractivity contribution in [3.05, 3.63) is 30.1 Å². The molecule has 0 aliphatic carbocycles. The monoisotopic (exact) mass is 221 g/mol. The second-order valence-electron chi connectivity index (χ2n) is 5.54. The average Bonchev–Trinajstić information content (AvgIpc) is 2.26. The van der Waals surface area contributed by atoms with Gasteiger partial charge in [-0.25, -0.2) is 0 Å². The summed E-state index contributed by atoms with van der Waals surface area (Å²) in [4.78, 5) is 4.34. The Morgan fingerprint density at radius 1 is 1.31 bits per heavy atom. The highest BCUT2D eigenvalue weighted by Crippen LogP contribution is 2.45. The summed E-state index contributed by atoms with van der Waals surface area (Å²) < 4.78 is 0. The van der Waals surface area contributed by atoms with Crippen LogP contribution in [0.25, 0.3) is 0 Å². The predicted molar refractivity (Wildman–Crippen MR) is 67.0 cm³/mol. The topological polar surface area (TPSA) is 33.1 Å². The van der Waals surface area contributed by atoms with E-state index < -0.39 is 5.60 Å². The third kappa shape index (κ3) is 2.12. The molecular formula is C14H23NO. The van der Waals surface area contributed by atoms with Crippen LogP contribution in [0.2, 0.25) is 0 Å². The standard InChI is InChI=1S/C14H23NO/c1-6-11(2)14(16,13(3,4)5)12-9-7-8-10-15-12/h7-11,16H,6H2,1-5H3. The van der Waals surface area contributed by atoms with Crippen LogP contribution in [0.3, 0.4) is 0 Å². The summed E-state index contributed by atoms with van der Waals surface area (Å²) in [6.07, 6.45) is 2.68. The molecule has 0 aromatic carbocycles. The second-order valence-corrected chi connectivity index (χ2v) is 5.54. The van der Waals surface area contributed by atoms with Crippen LogP contribution in [0.5, 0.6) is 0 Å². The van der Waals surface area contributed by atoms with Crippen molar-refractivity contribution in [3.63, 3.8) is 0 Å². The highest BCUT2D eigenvalue weighted by molar-refractivity contribution is 5.17. The van der Waals surface area contributed by atoms with Gasteiger partial charge in [0.25, 0.3) is 0 Å². The van der Waals surface area contributed by atoms with E-state index in [0.29, 0.717) is 0 Å². The molecule has 2 nitrogen and oxygen atoms in total. The lowest BCUT2D eigenvalue weighted by atomic mass is 9.66. The molecule has 2 unspecified atom stereocenters. The molecule has 0 bridgehead atoms. The molecule has 1 heterocycles. The van der Waals surface area contributed by atoms with Gasteiger partial charge in [-0.15, -0.1) is 0 Å². The maximum atomic E-state index is 11.0. The Hall–Kier alpha value is -0.890. The first-order valence-electron chi connectivity index (χ1n) is 5.98. The molecule has 2 atom stereocenters. The molecule has 2 heteroatoms. The minimum Gasteiger partial charge on any atom is -0.383 e. The lowest BCUT2D eigenvalue weighted by Crippen LogP contribution is -2.46. The third-order valence-corrected chi connectivity index (χ3v) is 3.52. The molecule has 0 saturated heterocycles. The van der Waals surface area contributed by atoms with Gasteiger partial charge in [0.1, 0.15) is 5.60 Å². The summed E-state index contributed by atoms with van der Waals surface area (Å²) in [7, 11) is 0. The Balaban J connectivity index is 3.26. The van der Waals surface area contributed by atoms with Gasteiger partial charge in [-0.2, -0.15) is 0 Å². The molecule has 0 spiro atoms. The number of aliphatic hydroxyl groups is 1. The maximum Gasteiger partial charge on any atom is 0.114 e. The van der Waals surface area contributed by atoms with Gasteiger partial charge in [0.15, 0.2) is 0 Å². The minimum atomic E-state index is -0.872. The molecule has 1 N–H and O–H groups in total. The Morgan fingerprint density at radius 2 is 1.94 bits per heavy atom. The highest BCUT2D eigenvalue weighted by Gasteiger charge is 2.46. The molecule has 1 rings (SSSR count). The Labute approximate surface area is 98.7 Å². The first-order valence-corrected chi connectivity index (χ1v) is 5.98. The Bertz CT molecular complexity index is 328. The van der Waals surface area contributed by atoms with Gasteiger partial charge >= 0.3 is 0 Å². The summed E-state index contributed by atoms with van der Waals surface area (Å²) in [5.41, 5.74) is -0.323. The summed E-state index contributed by atoms with van der Waals surface area (Å²) in [5.74, 6) is 0.183. The van der Waals surface area contributed by atoms with Gasteiger partial charge in [-0.3, -0.25) is 4.98 Å². The van der Waals surface area contributed by atoms with Crippen molar-refractivity contribution in [1.29, 1.82) is 0 Å². The van der Waals surface area contributed by atoms with E-state index in [0.717, 1.165) is 12.1 Å². The fraction of sp³-hybridized carbons (Fsp3) is 0.643. The van der Waals surface area contributed by atoms with Gasteiger partial charge in [0.05, 0.1) is 5.69 Å². The lowest BCUT2D eigenvalue weighted by molar-refractivity contribution is -0.111. The lowest BCUT2D eigenvalue weighted by Gasteiger charge is -2.44. The highest BCUT2D eigenvalue weighted by atomic mass is 16.3. The van der Waals surface area contributed by atoms with E-state index in [1.54, 1.807) is 6.20 Å². The smallest absolute Gasteiger partial charge is 0.114 e. The van der Waals surface area contributed by atoms with Gasteiger partial charge in [0, 0.05) is 6.20 Å². The number of rotatable bonds is 3. The molecule has 0 aliphatic rings. The van der Waals surface area contributed by atoms with Crippen molar-refractivity contribution in [2.75, 3.05) is 0 Å². The zero-order chi connectivity index (χ0) is 12.4. The van der Waals surface area contributed by atoms with Gasteiger partial charge in [-0.1, -0.05) is 47.1 Å². The number of aromatic nitrogens is 1. The molecule has 0 aliphatic heterocycles. The largest absolute Gasteiger partial charge is 0.383 e. The average molecular weight is 221 g/mol. The fourth-order valence-corrected chi connectivity index (χ4v) is 2.26. The van der Waals surface area contributed by atoms with Crippen molar-refractivity contribution >= 4 is 0 Å². The van der Waals surface area contributed by atoms with Crippen molar-refractivity contribution in [2.24, 2.45) is 11.3 Å². The molecule has 1 aromatic rings. The zero-order valence-corrected chi connectivity index (χ0v) is 11.0. The number of hydrogen-bond donors (Lipinski definition) is 1. The molecule has 0 amide bonds. The van der Waals surface area contributed by atoms with Gasteiger partial charge in [-0.05, 0) is 23.5 Å². The summed E-state index contributed by atoms with van der Waals surface area (Å²) in [5, 5.41) is 11.0. The summed E-state index contributed by atoms with van der Waals surface area (Å²) in [6.45, 7) is 10.4. The van der Waals surface area contributed by atoms with E-state index in [1.807, 2.05) is 18.2 Å². The van der Waals surface area contributed by atoms with Crippen LogP contribution in [0.4, 0.5) is 0 Å². The van der Waals surface area contributed by atoms with Crippen LogP contribution in [-0.2, 0) is 5.60 Å². The molecule has 0 saturated carbocycles. The first kappa shape index (κ1) is 13.2. The normalized spacial score (nSPS) is 17.9. The van der Waals surface area contributed by atoms with E-state index in [1.165, 1.54) is 0 Å². The maximum absolute atomic E-state index is 11.0. The third-order valence-electron chi connectivity index (χ3n) is 3.52. The van der Waals surface area contributed by atoms with Crippen molar-refractivity contribution in [3.8, 4) is 0 Å². The molecular weight excluding hydrogens is 198 g/mol. The van der Waals surface area contributed by atoms with Crippen LogP contribution in [0.1, 0.15) is 46.7 Å². The van der Waals surface area contributed by atoms with E-state index >= 15 is 0 Å². The van der Waals surface area contributed by atoms with Crippen molar-refractivity contribution in [1.82, 2.24) is 4.98 Å². The van der Waals surface area contributed by atoms with E-state index in [2.05, 4.69) is 39.6 Å². The first-order chi connectivity index (χ1) is 7.34.